The summed E-state index contributed by atoms with van der Waals surface area (Å²) in [4.78, 5) is 15.4. The number of hydrogen-bond donors (Lipinski definition) is 2. The summed E-state index contributed by atoms with van der Waals surface area (Å²) < 4.78 is 0. The van der Waals surface area contributed by atoms with Crippen molar-refractivity contribution in [3.8, 4) is 0 Å². The van der Waals surface area contributed by atoms with Crippen LogP contribution in [0.25, 0.3) is 10.8 Å². The Morgan fingerprint density at radius 3 is 2.90 bits per heavy atom. The molecular weight excluding hydrogens is 272 g/mol. The molecule has 2 rings (SSSR count). The van der Waals surface area contributed by atoms with E-state index in [1.54, 1.807) is 6.07 Å². The second-order valence-electron chi connectivity index (χ2n) is 4.59. The van der Waals surface area contributed by atoms with E-state index in [0.29, 0.717) is 5.82 Å². The van der Waals surface area contributed by atoms with Crippen LogP contribution in [-0.4, -0.2) is 33.6 Å². The van der Waals surface area contributed by atoms with E-state index in [4.69, 9.17) is 5.11 Å². The fourth-order valence-electron chi connectivity index (χ4n) is 1.99. The third-order valence-electron chi connectivity index (χ3n) is 2.91. The molecule has 1 unspecified atom stereocenters. The van der Waals surface area contributed by atoms with Crippen LogP contribution in [0.1, 0.15) is 24.3 Å². The number of benzene rings is 1. The van der Waals surface area contributed by atoms with E-state index < -0.39 is 5.97 Å². The highest BCUT2D eigenvalue weighted by atomic mass is 32.2. The number of nitrogens with one attached hydrogen (secondary N) is 1. The van der Waals surface area contributed by atoms with Crippen LogP contribution < -0.4 is 5.32 Å². The van der Waals surface area contributed by atoms with Gasteiger partial charge in [-0.25, -0.2) is 9.78 Å². The van der Waals surface area contributed by atoms with Crippen LogP contribution in [0, 0.1) is 0 Å². The van der Waals surface area contributed by atoms with Crippen LogP contribution in [0.5, 0.6) is 0 Å². The highest BCUT2D eigenvalue weighted by Crippen LogP contribution is 2.23. The molecule has 0 spiro atoms. The fourth-order valence-corrected chi connectivity index (χ4v) is 2.66. The molecule has 1 aromatic heterocycles. The summed E-state index contributed by atoms with van der Waals surface area (Å²) in [5.41, 5.74) is 0.0709. The largest absolute Gasteiger partial charge is 0.477 e. The number of fused-ring (bicyclic) bond motifs is 1. The molecule has 0 bridgehead atoms. The fraction of sp³-hybridized carbons (Fsp3) is 0.333. The number of carbonyl (C=O) groups is 1. The van der Waals surface area contributed by atoms with E-state index in [1.165, 1.54) is 0 Å². The Hall–Kier alpha value is -1.75. The molecule has 0 radical (unpaired) electrons. The van der Waals surface area contributed by atoms with E-state index in [-0.39, 0.29) is 11.7 Å². The van der Waals surface area contributed by atoms with Crippen molar-refractivity contribution in [2.24, 2.45) is 0 Å². The van der Waals surface area contributed by atoms with E-state index in [0.717, 1.165) is 22.3 Å². The topological polar surface area (TPSA) is 62.2 Å². The highest BCUT2D eigenvalue weighted by molar-refractivity contribution is 7.99. The molecule has 2 N–H and O–H groups in total. The van der Waals surface area contributed by atoms with Crippen molar-refractivity contribution in [1.29, 1.82) is 0 Å². The monoisotopic (exact) mass is 290 g/mol. The van der Waals surface area contributed by atoms with Gasteiger partial charge in [0.05, 0.1) is 0 Å². The van der Waals surface area contributed by atoms with Crippen LogP contribution in [0.3, 0.4) is 0 Å². The van der Waals surface area contributed by atoms with Crippen molar-refractivity contribution in [3.05, 3.63) is 36.0 Å². The number of aromatic nitrogens is 1. The molecule has 1 heterocycles. The molecule has 2 aromatic rings. The molecular formula is C15H18N2O2S. The summed E-state index contributed by atoms with van der Waals surface area (Å²) in [5, 5.41) is 14.3. The Morgan fingerprint density at radius 2 is 2.20 bits per heavy atom. The molecule has 0 aliphatic carbocycles. The molecule has 1 aromatic carbocycles. The number of carboxylic acid groups (broad SMARTS) is 1. The lowest BCUT2D eigenvalue weighted by molar-refractivity contribution is 0.0691. The third-order valence-corrected chi connectivity index (χ3v) is 4.06. The normalized spacial score (nSPS) is 12.3. The second-order valence-corrected chi connectivity index (χ2v) is 5.91. The average molecular weight is 290 g/mol. The molecule has 0 aliphatic rings. The number of thioether (sulfide) groups is 1. The molecule has 0 fully saturated rings. The maximum atomic E-state index is 11.2. The Balaban J connectivity index is 2.37. The number of anilines is 1. The quantitative estimate of drug-likeness (QED) is 0.852. The van der Waals surface area contributed by atoms with Gasteiger partial charge in [-0.05, 0) is 24.1 Å². The number of rotatable bonds is 6. The zero-order chi connectivity index (χ0) is 14.5. The number of nitrogens with zero attached hydrogens (tertiary/aromatic N) is 1. The second kappa shape index (κ2) is 6.61. The van der Waals surface area contributed by atoms with Crippen LogP contribution in [0.4, 0.5) is 5.82 Å². The molecule has 0 saturated heterocycles. The molecule has 4 nitrogen and oxygen atoms in total. The summed E-state index contributed by atoms with van der Waals surface area (Å²) in [7, 11) is 0. The van der Waals surface area contributed by atoms with Gasteiger partial charge in [-0.3, -0.25) is 0 Å². The minimum absolute atomic E-state index is 0.0709. The summed E-state index contributed by atoms with van der Waals surface area (Å²) in [6.45, 7) is 4.20. The summed E-state index contributed by atoms with van der Waals surface area (Å²) in [6, 6.07) is 9.53. The van der Waals surface area contributed by atoms with Gasteiger partial charge in [-0.2, -0.15) is 11.8 Å². The number of carboxylic acids is 1. The van der Waals surface area contributed by atoms with Gasteiger partial charge in [-0.15, -0.1) is 0 Å². The summed E-state index contributed by atoms with van der Waals surface area (Å²) in [6.07, 6.45) is 0. The van der Waals surface area contributed by atoms with Crippen molar-refractivity contribution in [2.45, 2.75) is 19.9 Å². The molecule has 0 saturated carbocycles. The number of aromatic carboxylic acids is 1. The molecule has 5 heteroatoms. The Labute approximate surface area is 122 Å². The van der Waals surface area contributed by atoms with Gasteiger partial charge in [0, 0.05) is 17.2 Å². The first kappa shape index (κ1) is 14.7. The third kappa shape index (κ3) is 3.42. The van der Waals surface area contributed by atoms with Crippen molar-refractivity contribution < 1.29 is 9.90 Å². The summed E-state index contributed by atoms with van der Waals surface area (Å²) >= 11 is 1.84. The molecule has 1 atom stereocenters. The average Bonchev–Trinajstić information content (AvgIpc) is 2.44. The van der Waals surface area contributed by atoms with Gasteiger partial charge in [-0.1, -0.05) is 31.2 Å². The van der Waals surface area contributed by atoms with Gasteiger partial charge >= 0.3 is 5.97 Å². The number of pyridine rings is 1. The van der Waals surface area contributed by atoms with Gasteiger partial charge in [0.15, 0.2) is 5.69 Å². The summed E-state index contributed by atoms with van der Waals surface area (Å²) in [5.74, 6) is 1.67. The van der Waals surface area contributed by atoms with Crippen molar-refractivity contribution >= 4 is 34.3 Å². The van der Waals surface area contributed by atoms with Crippen molar-refractivity contribution in [1.82, 2.24) is 4.98 Å². The Kier molecular flexibility index (Phi) is 4.84. The van der Waals surface area contributed by atoms with Gasteiger partial charge in [0.2, 0.25) is 0 Å². The predicted octanol–water partition coefficient (Wildman–Crippen LogP) is 3.49. The lowest BCUT2D eigenvalue weighted by atomic mass is 10.1. The maximum Gasteiger partial charge on any atom is 0.354 e. The smallest absolute Gasteiger partial charge is 0.354 e. The highest BCUT2D eigenvalue weighted by Gasteiger charge is 2.12. The molecule has 0 amide bonds. The van der Waals surface area contributed by atoms with Gasteiger partial charge in [0.1, 0.15) is 5.82 Å². The Morgan fingerprint density at radius 1 is 1.45 bits per heavy atom. The zero-order valence-corrected chi connectivity index (χ0v) is 12.4. The van der Waals surface area contributed by atoms with E-state index >= 15 is 0 Å². The lowest BCUT2D eigenvalue weighted by Crippen LogP contribution is -2.19. The minimum Gasteiger partial charge on any atom is -0.477 e. The number of hydrogen-bond acceptors (Lipinski definition) is 4. The zero-order valence-electron chi connectivity index (χ0n) is 11.6. The van der Waals surface area contributed by atoms with Crippen LogP contribution in [0.2, 0.25) is 0 Å². The van der Waals surface area contributed by atoms with Crippen molar-refractivity contribution in [2.75, 3.05) is 16.8 Å². The molecule has 106 valence electrons. The van der Waals surface area contributed by atoms with Crippen LogP contribution in [-0.2, 0) is 0 Å². The molecule has 0 aliphatic heterocycles. The predicted molar refractivity (Wildman–Crippen MR) is 84.8 cm³/mol. The van der Waals surface area contributed by atoms with E-state index in [1.807, 2.05) is 36.0 Å². The first-order chi connectivity index (χ1) is 9.61. The van der Waals surface area contributed by atoms with Crippen LogP contribution in [0.15, 0.2) is 30.3 Å². The van der Waals surface area contributed by atoms with Crippen molar-refractivity contribution in [3.63, 3.8) is 0 Å². The first-order valence-electron chi connectivity index (χ1n) is 6.59. The minimum atomic E-state index is -1.01. The van der Waals surface area contributed by atoms with Gasteiger partial charge < -0.3 is 10.4 Å². The van der Waals surface area contributed by atoms with E-state index in [2.05, 4.69) is 24.1 Å². The van der Waals surface area contributed by atoms with Gasteiger partial charge in [0.25, 0.3) is 0 Å². The Bertz CT molecular complexity index is 616. The van der Waals surface area contributed by atoms with Crippen LogP contribution >= 0.6 is 11.8 Å². The lowest BCUT2D eigenvalue weighted by Gasteiger charge is -2.16. The standard InChI is InChI=1S/C15H18N2O2S/c1-3-20-9-10(2)16-14-12-7-5-4-6-11(12)8-13(17-14)15(18)19/h4-8,10H,3,9H2,1-2H3,(H,16,17)(H,18,19). The maximum absolute atomic E-state index is 11.2. The first-order valence-corrected chi connectivity index (χ1v) is 7.74. The molecule has 20 heavy (non-hydrogen) atoms. The van der Waals surface area contributed by atoms with E-state index in [9.17, 15) is 4.79 Å². The SMILES string of the molecule is CCSCC(C)Nc1nc(C(=O)O)cc2ccccc12.